The normalized spacial score (nSPS) is 25.5. The number of aromatic nitrogens is 2. The molecular formula is C11H17N3O. The summed E-state index contributed by atoms with van der Waals surface area (Å²) in [6.07, 6.45) is 5.72. The third-order valence-electron chi connectivity index (χ3n) is 2.77. The van der Waals surface area contributed by atoms with E-state index in [1.807, 2.05) is 6.07 Å². The minimum atomic E-state index is 0.236. The summed E-state index contributed by atoms with van der Waals surface area (Å²) in [5.74, 6) is 0.681. The summed E-state index contributed by atoms with van der Waals surface area (Å²) in [4.78, 5) is 8.23. The van der Waals surface area contributed by atoms with Crippen molar-refractivity contribution < 1.29 is 4.74 Å². The van der Waals surface area contributed by atoms with E-state index >= 15 is 0 Å². The fourth-order valence-electron chi connectivity index (χ4n) is 1.89. The van der Waals surface area contributed by atoms with Gasteiger partial charge in [-0.1, -0.05) is 6.92 Å². The molecule has 0 bridgehead atoms. The molecule has 0 amide bonds. The zero-order valence-corrected chi connectivity index (χ0v) is 9.02. The minimum Gasteiger partial charge on any atom is -0.474 e. The number of ether oxygens (including phenoxy) is 1. The van der Waals surface area contributed by atoms with Crippen molar-refractivity contribution in [3.05, 3.63) is 18.1 Å². The Morgan fingerprint density at radius 1 is 1.47 bits per heavy atom. The summed E-state index contributed by atoms with van der Waals surface area (Å²) >= 11 is 0. The fourth-order valence-corrected chi connectivity index (χ4v) is 1.89. The molecule has 1 aliphatic carbocycles. The van der Waals surface area contributed by atoms with Crippen LogP contribution in [0.1, 0.15) is 31.9 Å². The molecule has 2 unspecified atom stereocenters. The molecule has 1 fully saturated rings. The summed E-state index contributed by atoms with van der Waals surface area (Å²) in [6.45, 7) is 2.07. The van der Waals surface area contributed by atoms with E-state index in [1.54, 1.807) is 6.33 Å². The molecule has 0 saturated heterocycles. The molecule has 1 aliphatic rings. The smallest absolute Gasteiger partial charge is 0.216 e. The van der Waals surface area contributed by atoms with Crippen LogP contribution >= 0.6 is 0 Å². The monoisotopic (exact) mass is 207 g/mol. The molecule has 2 N–H and O–H groups in total. The van der Waals surface area contributed by atoms with Gasteiger partial charge in [0.05, 0.1) is 0 Å². The molecule has 1 aromatic heterocycles. The molecule has 4 nitrogen and oxygen atoms in total. The van der Waals surface area contributed by atoms with Gasteiger partial charge in [-0.05, 0) is 25.7 Å². The van der Waals surface area contributed by atoms with Crippen molar-refractivity contribution in [2.75, 3.05) is 0 Å². The Kier molecular flexibility index (Phi) is 3.16. The van der Waals surface area contributed by atoms with E-state index in [-0.39, 0.29) is 6.10 Å². The Morgan fingerprint density at radius 3 is 3.00 bits per heavy atom. The predicted molar refractivity (Wildman–Crippen MR) is 57.7 cm³/mol. The molecule has 15 heavy (non-hydrogen) atoms. The summed E-state index contributed by atoms with van der Waals surface area (Å²) in [6, 6.07) is 2.20. The second-order valence-corrected chi connectivity index (χ2v) is 4.01. The van der Waals surface area contributed by atoms with Crippen LogP contribution in [0.5, 0.6) is 5.88 Å². The maximum absolute atomic E-state index is 5.82. The molecule has 1 heterocycles. The molecule has 1 saturated carbocycles. The largest absolute Gasteiger partial charge is 0.474 e. The number of rotatable bonds is 3. The number of hydrogen-bond acceptors (Lipinski definition) is 4. The van der Waals surface area contributed by atoms with Gasteiger partial charge in [0.15, 0.2) is 0 Å². The van der Waals surface area contributed by atoms with Crippen molar-refractivity contribution in [2.24, 2.45) is 5.73 Å². The lowest BCUT2D eigenvalue weighted by Crippen LogP contribution is -2.19. The van der Waals surface area contributed by atoms with E-state index < -0.39 is 0 Å². The van der Waals surface area contributed by atoms with Gasteiger partial charge in [-0.3, -0.25) is 0 Å². The highest BCUT2D eigenvalue weighted by atomic mass is 16.5. The molecular weight excluding hydrogens is 190 g/mol. The van der Waals surface area contributed by atoms with E-state index in [1.165, 1.54) is 0 Å². The summed E-state index contributed by atoms with van der Waals surface area (Å²) < 4.78 is 5.76. The quantitative estimate of drug-likeness (QED) is 0.811. The van der Waals surface area contributed by atoms with Crippen LogP contribution in [0.3, 0.4) is 0 Å². The lowest BCUT2D eigenvalue weighted by molar-refractivity contribution is 0.199. The van der Waals surface area contributed by atoms with Gasteiger partial charge < -0.3 is 10.5 Å². The molecule has 0 spiro atoms. The van der Waals surface area contributed by atoms with Gasteiger partial charge in [-0.15, -0.1) is 0 Å². The molecule has 2 atom stereocenters. The van der Waals surface area contributed by atoms with Crippen LogP contribution in [0.25, 0.3) is 0 Å². The van der Waals surface area contributed by atoms with Gasteiger partial charge in [0.1, 0.15) is 12.4 Å². The Morgan fingerprint density at radius 2 is 2.33 bits per heavy atom. The van der Waals surface area contributed by atoms with Gasteiger partial charge in [-0.25, -0.2) is 9.97 Å². The lowest BCUT2D eigenvalue weighted by atomic mass is 10.3. The second-order valence-electron chi connectivity index (χ2n) is 4.01. The van der Waals surface area contributed by atoms with Crippen molar-refractivity contribution in [2.45, 2.75) is 44.8 Å². The van der Waals surface area contributed by atoms with E-state index in [9.17, 15) is 0 Å². The van der Waals surface area contributed by atoms with Gasteiger partial charge >= 0.3 is 0 Å². The molecule has 0 aromatic carbocycles. The standard InChI is InChI=1S/C11H17N3O/c1-2-9-6-11(14-7-13-9)15-10-4-3-8(12)5-10/h6-8,10H,2-5,12H2,1H3. The molecule has 0 radical (unpaired) electrons. The predicted octanol–water partition coefficient (Wildman–Crippen LogP) is 1.30. The molecule has 4 heteroatoms. The van der Waals surface area contributed by atoms with Gasteiger partial charge in [0.2, 0.25) is 5.88 Å². The Labute approximate surface area is 89.9 Å². The average Bonchev–Trinajstić information content (AvgIpc) is 2.64. The summed E-state index contributed by atoms with van der Waals surface area (Å²) in [5, 5.41) is 0. The molecule has 82 valence electrons. The van der Waals surface area contributed by atoms with Gasteiger partial charge in [0.25, 0.3) is 0 Å². The van der Waals surface area contributed by atoms with Crippen molar-refractivity contribution in [1.82, 2.24) is 9.97 Å². The number of hydrogen-bond donors (Lipinski definition) is 1. The maximum atomic E-state index is 5.82. The van der Waals surface area contributed by atoms with Crippen LogP contribution in [0.15, 0.2) is 12.4 Å². The fraction of sp³-hybridized carbons (Fsp3) is 0.636. The minimum absolute atomic E-state index is 0.236. The highest BCUT2D eigenvalue weighted by molar-refractivity contribution is 5.13. The highest BCUT2D eigenvalue weighted by Gasteiger charge is 2.23. The third kappa shape index (κ3) is 2.65. The molecule has 2 rings (SSSR count). The third-order valence-corrected chi connectivity index (χ3v) is 2.77. The van der Waals surface area contributed by atoms with Crippen LogP contribution in [0.4, 0.5) is 0 Å². The highest BCUT2D eigenvalue weighted by Crippen LogP contribution is 2.22. The van der Waals surface area contributed by atoms with Crippen LogP contribution in [0, 0.1) is 0 Å². The van der Waals surface area contributed by atoms with Crippen molar-refractivity contribution >= 4 is 0 Å². The summed E-state index contributed by atoms with van der Waals surface area (Å²) in [5.41, 5.74) is 6.84. The van der Waals surface area contributed by atoms with Crippen LogP contribution in [-0.2, 0) is 6.42 Å². The first-order chi connectivity index (χ1) is 7.28. The maximum Gasteiger partial charge on any atom is 0.216 e. The van der Waals surface area contributed by atoms with Gasteiger partial charge in [-0.2, -0.15) is 0 Å². The van der Waals surface area contributed by atoms with Crippen molar-refractivity contribution in [1.29, 1.82) is 0 Å². The van der Waals surface area contributed by atoms with E-state index in [2.05, 4.69) is 16.9 Å². The molecule has 0 aliphatic heterocycles. The SMILES string of the molecule is CCc1cc(OC2CCC(N)C2)ncn1. The van der Waals surface area contributed by atoms with Crippen molar-refractivity contribution in [3.8, 4) is 5.88 Å². The second kappa shape index (κ2) is 4.57. The zero-order valence-electron chi connectivity index (χ0n) is 9.02. The van der Waals surface area contributed by atoms with E-state index in [4.69, 9.17) is 10.5 Å². The first kappa shape index (κ1) is 10.4. The van der Waals surface area contributed by atoms with Gasteiger partial charge in [0, 0.05) is 17.8 Å². The number of nitrogens with two attached hydrogens (primary N) is 1. The van der Waals surface area contributed by atoms with Crippen LogP contribution in [0.2, 0.25) is 0 Å². The van der Waals surface area contributed by atoms with Crippen LogP contribution < -0.4 is 10.5 Å². The van der Waals surface area contributed by atoms with E-state index in [0.717, 1.165) is 31.4 Å². The van der Waals surface area contributed by atoms with Crippen LogP contribution in [-0.4, -0.2) is 22.1 Å². The topological polar surface area (TPSA) is 61.0 Å². The average molecular weight is 207 g/mol. The van der Waals surface area contributed by atoms with Crippen molar-refractivity contribution in [3.63, 3.8) is 0 Å². The first-order valence-corrected chi connectivity index (χ1v) is 5.51. The van der Waals surface area contributed by atoms with E-state index in [0.29, 0.717) is 11.9 Å². The summed E-state index contributed by atoms with van der Waals surface area (Å²) in [7, 11) is 0. The number of nitrogens with zero attached hydrogens (tertiary/aromatic N) is 2. The Hall–Kier alpha value is -1.16. The lowest BCUT2D eigenvalue weighted by Gasteiger charge is -2.12. The zero-order chi connectivity index (χ0) is 10.7. The first-order valence-electron chi connectivity index (χ1n) is 5.51. The number of aryl methyl sites for hydroxylation is 1. The Bertz CT molecular complexity index is 329. The molecule has 1 aromatic rings. The Balaban J connectivity index is 1.98.